The van der Waals surface area contributed by atoms with Crippen LogP contribution >= 0.6 is 0 Å². The number of nitrogens with two attached hydrogens (primary N) is 1. The fourth-order valence-electron chi connectivity index (χ4n) is 1.99. The topological polar surface area (TPSA) is 118 Å². The molecule has 0 aromatic heterocycles. The summed E-state index contributed by atoms with van der Waals surface area (Å²) in [7, 11) is 0. The number of aromatic carboxylic acids is 1. The molecule has 0 saturated carbocycles. The van der Waals surface area contributed by atoms with Crippen molar-refractivity contribution in [2.24, 2.45) is 5.73 Å². The van der Waals surface area contributed by atoms with E-state index < -0.39 is 29.7 Å². The first-order valence-corrected chi connectivity index (χ1v) is 5.92. The lowest BCUT2D eigenvalue weighted by Crippen LogP contribution is -2.53. The van der Waals surface area contributed by atoms with Crippen LogP contribution in [-0.4, -0.2) is 39.7 Å². The van der Waals surface area contributed by atoms with E-state index in [4.69, 9.17) is 10.8 Å². The lowest BCUT2D eigenvalue weighted by atomic mass is 10.0. The molecule has 20 heavy (non-hydrogen) atoms. The minimum absolute atomic E-state index is 0.0200. The summed E-state index contributed by atoms with van der Waals surface area (Å²) in [6.07, 6.45) is 0.163. The third-order valence-electron chi connectivity index (χ3n) is 3.05. The van der Waals surface area contributed by atoms with Gasteiger partial charge in [-0.25, -0.2) is 9.69 Å². The summed E-state index contributed by atoms with van der Waals surface area (Å²) in [5.74, 6) is -3.73. The zero-order valence-electron chi connectivity index (χ0n) is 10.4. The zero-order valence-corrected chi connectivity index (χ0v) is 10.4. The summed E-state index contributed by atoms with van der Waals surface area (Å²) < 4.78 is 0. The molecule has 1 fully saturated rings. The van der Waals surface area contributed by atoms with Crippen LogP contribution < -0.4 is 5.73 Å². The van der Waals surface area contributed by atoms with Crippen molar-refractivity contribution in [2.45, 2.75) is 18.9 Å². The monoisotopic (exact) mass is 276 g/mol. The van der Waals surface area contributed by atoms with Crippen LogP contribution in [0.3, 0.4) is 0 Å². The van der Waals surface area contributed by atoms with Crippen molar-refractivity contribution in [3.63, 3.8) is 0 Å². The van der Waals surface area contributed by atoms with Gasteiger partial charge in [0, 0.05) is 6.42 Å². The van der Waals surface area contributed by atoms with Gasteiger partial charge in [0.2, 0.25) is 5.91 Å². The largest absolute Gasteiger partial charge is 0.478 e. The number of likely N-dealkylation sites (tertiary alicyclic amines) is 1. The molecule has 7 nitrogen and oxygen atoms in total. The maximum atomic E-state index is 12.3. The number of rotatable bonds is 2. The van der Waals surface area contributed by atoms with Crippen LogP contribution in [0.1, 0.15) is 33.6 Å². The molecule has 7 heteroatoms. The number of carbonyl (C=O) groups excluding carboxylic acids is 3. The summed E-state index contributed by atoms with van der Waals surface area (Å²) in [5, 5.41) is 9.03. The highest BCUT2D eigenvalue weighted by atomic mass is 16.4. The minimum Gasteiger partial charge on any atom is -0.478 e. The van der Waals surface area contributed by atoms with Crippen LogP contribution in [-0.2, 0) is 9.59 Å². The molecule has 1 aliphatic rings. The second-order valence-corrected chi connectivity index (χ2v) is 4.37. The molecule has 3 amide bonds. The zero-order chi connectivity index (χ0) is 14.9. The maximum absolute atomic E-state index is 12.3. The molecular formula is C13H12N2O5. The highest BCUT2D eigenvalue weighted by Gasteiger charge is 2.38. The van der Waals surface area contributed by atoms with Crippen molar-refractivity contribution in [3.05, 3.63) is 35.4 Å². The van der Waals surface area contributed by atoms with Crippen LogP contribution in [0.2, 0.25) is 0 Å². The lowest BCUT2D eigenvalue weighted by molar-refractivity contribution is -0.145. The Morgan fingerprint density at radius 1 is 1.20 bits per heavy atom. The van der Waals surface area contributed by atoms with E-state index in [0.29, 0.717) is 4.90 Å². The van der Waals surface area contributed by atoms with Crippen molar-refractivity contribution in [1.29, 1.82) is 0 Å². The quantitative estimate of drug-likeness (QED) is 0.734. The van der Waals surface area contributed by atoms with E-state index >= 15 is 0 Å². The molecule has 0 aliphatic carbocycles. The average Bonchev–Trinajstić information content (AvgIpc) is 2.43. The van der Waals surface area contributed by atoms with Gasteiger partial charge in [-0.05, 0) is 18.6 Å². The van der Waals surface area contributed by atoms with E-state index in [-0.39, 0.29) is 24.0 Å². The molecule has 1 unspecified atom stereocenters. The van der Waals surface area contributed by atoms with Gasteiger partial charge in [-0.1, -0.05) is 12.1 Å². The first-order valence-electron chi connectivity index (χ1n) is 5.92. The number of carboxylic acid groups (broad SMARTS) is 1. The third-order valence-corrected chi connectivity index (χ3v) is 3.05. The Morgan fingerprint density at radius 2 is 1.80 bits per heavy atom. The first-order chi connectivity index (χ1) is 9.43. The highest BCUT2D eigenvalue weighted by molar-refractivity contribution is 6.20. The molecule has 3 N–H and O–H groups in total. The SMILES string of the molecule is NC1CCC(=O)N(C(=O)c2ccccc2C(=O)O)C1=O. The predicted molar refractivity (Wildman–Crippen MR) is 66.8 cm³/mol. The van der Waals surface area contributed by atoms with E-state index in [2.05, 4.69) is 0 Å². The molecule has 1 saturated heterocycles. The Kier molecular flexibility index (Phi) is 3.62. The molecule has 1 aromatic rings. The van der Waals surface area contributed by atoms with Crippen LogP contribution in [0.25, 0.3) is 0 Å². The Hall–Kier alpha value is -2.54. The summed E-state index contributed by atoms with van der Waals surface area (Å²) >= 11 is 0. The van der Waals surface area contributed by atoms with Crippen molar-refractivity contribution in [3.8, 4) is 0 Å². The van der Waals surface area contributed by atoms with E-state index in [1.807, 2.05) is 0 Å². The Morgan fingerprint density at radius 3 is 2.40 bits per heavy atom. The number of benzene rings is 1. The van der Waals surface area contributed by atoms with Crippen molar-refractivity contribution >= 4 is 23.7 Å². The van der Waals surface area contributed by atoms with E-state index in [1.54, 1.807) is 0 Å². The van der Waals surface area contributed by atoms with E-state index in [0.717, 1.165) is 0 Å². The second-order valence-electron chi connectivity index (χ2n) is 4.37. The average molecular weight is 276 g/mol. The maximum Gasteiger partial charge on any atom is 0.336 e. The number of hydrogen-bond donors (Lipinski definition) is 2. The number of piperidine rings is 1. The van der Waals surface area contributed by atoms with Gasteiger partial charge in [-0.2, -0.15) is 0 Å². The van der Waals surface area contributed by atoms with Crippen LogP contribution in [0.5, 0.6) is 0 Å². The van der Waals surface area contributed by atoms with Crippen LogP contribution in [0, 0.1) is 0 Å². The molecule has 0 bridgehead atoms. The highest BCUT2D eigenvalue weighted by Crippen LogP contribution is 2.18. The van der Waals surface area contributed by atoms with Gasteiger partial charge in [-0.15, -0.1) is 0 Å². The predicted octanol–water partition coefficient (Wildman–Crippen LogP) is 0.00130. The Bertz CT molecular complexity index is 611. The summed E-state index contributed by atoms with van der Waals surface area (Å²) in [6.45, 7) is 0. The van der Waals surface area contributed by atoms with Crippen LogP contribution in [0.4, 0.5) is 0 Å². The Labute approximate surface area is 114 Å². The van der Waals surface area contributed by atoms with E-state index in [1.165, 1.54) is 24.3 Å². The van der Waals surface area contributed by atoms with Gasteiger partial charge in [0.25, 0.3) is 11.8 Å². The smallest absolute Gasteiger partial charge is 0.336 e. The Balaban J connectivity index is 2.43. The van der Waals surface area contributed by atoms with Crippen molar-refractivity contribution in [2.75, 3.05) is 0 Å². The third kappa shape index (κ3) is 2.30. The standard InChI is InChI=1S/C13H12N2O5/c14-9-5-6-10(16)15(12(9)18)11(17)7-3-1-2-4-8(7)13(19)20/h1-4,9H,5-6,14H2,(H,19,20). The van der Waals surface area contributed by atoms with Crippen molar-refractivity contribution in [1.82, 2.24) is 4.90 Å². The molecule has 2 rings (SSSR count). The lowest BCUT2D eigenvalue weighted by Gasteiger charge is -2.27. The molecule has 1 aromatic carbocycles. The molecule has 0 radical (unpaired) electrons. The number of nitrogens with zero attached hydrogens (tertiary/aromatic N) is 1. The number of amides is 3. The van der Waals surface area contributed by atoms with Crippen LogP contribution in [0.15, 0.2) is 24.3 Å². The van der Waals surface area contributed by atoms with E-state index in [9.17, 15) is 19.2 Å². The van der Waals surface area contributed by atoms with Gasteiger partial charge in [0.05, 0.1) is 17.2 Å². The summed E-state index contributed by atoms with van der Waals surface area (Å²) in [6, 6.07) is 4.47. The van der Waals surface area contributed by atoms with Crippen molar-refractivity contribution < 1.29 is 24.3 Å². The van der Waals surface area contributed by atoms with Gasteiger partial charge >= 0.3 is 5.97 Å². The number of carbonyl (C=O) groups is 4. The fraction of sp³-hybridized carbons (Fsp3) is 0.231. The van der Waals surface area contributed by atoms with Gasteiger partial charge in [0.1, 0.15) is 0 Å². The second kappa shape index (κ2) is 5.22. The normalized spacial score (nSPS) is 19.1. The molecule has 1 atom stereocenters. The fourth-order valence-corrected chi connectivity index (χ4v) is 1.99. The molecule has 104 valence electrons. The minimum atomic E-state index is -1.31. The number of hydrogen-bond acceptors (Lipinski definition) is 5. The van der Waals surface area contributed by atoms with Gasteiger partial charge in [-0.3, -0.25) is 14.4 Å². The summed E-state index contributed by atoms with van der Waals surface area (Å²) in [5.41, 5.74) is 5.05. The number of carboxylic acids is 1. The number of imide groups is 3. The van der Waals surface area contributed by atoms with Gasteiger partial charge < -0.3 is 10.8 Å². The molecule has 1 heterocycles. The molecule has 1 aliphatic heterocycles. The molecular weight excluding hydrogens is 264 g/mol. The molecule has 0 spiro atoms. The van der Waals surface area contributed by atoms with Gasteiger partial charge in [0.15, 0.2) is 0 Å². The first kappa shape index (κ1) is 13.9. The summed E-state index contributed by atoms with van der Waals surface area (Å²) in [4.78, 5) is 47.3.